The Bertz CT molecular complexity index is 1230. The average Bonchev–Trinajstić information content (AvgIpc) is 3.30. The fourth-order valence-corrected chi connectivity index (χ4v) is 7.59. The molecule has 65 heavy (non-hydrogen) atoms. The molecule has 0 spiro atoms. The summed E-state index contributed by atoms with van der Waals surface area (Å²) in [6.07, 6.45) is 67.5. The third kappa shape index (κ3) is 51.7. The highest BCUT2D eigenvalue weighted by Crippen LogP contribution is 2.16. The van der Waals surface area contributed by atoms with E-state index < -0.39 is 6.10 Å². The van der Waals surface area contributed by atoms with Crippen LogP contribution in [0.15, 0.2) is 72.9 Å². The molecule has 0 aromatic carbocycles. The molecule has 374 valence electrons. The normalized spacial score (nSPS) is 12.6. The number of carbonyl (C=O) groups is 3. The fraction of sp³-hybridized carbons (Fsp3) is 0.746. The maximum Gasteiger partial charge on any atom is 0.306 e. The molecule has 0 amide bonds. The number of esters is 3. The van der Waals surface area contributed by atoms with Crippen LogP contribution in [-0.2, 0) is 28.6 Å². The first-order valence-corrected chi connectivity index (χ1v) is 27.4. The first kappa shape index (κ1) is 61.9. The van der Waals surface area contributed by atoms with Gasteiger partial charge < -0.3 is 14.2 Å². The van der Waals surface area contributed by atoms with Gasteiger partial charge in [-0.05, 0) is 83.5 Å². The lowest BCUT2D eigenvalue weighted by Gasteiger charge is -2.18. The highest BCUT2D eigenvalue weighted by Gasteiger charge is 2.19. The fourth-order valence-electron chi connectivity index (χ4n) is 7.59. The molecule has 0 aliphatic rings. The van der Waals surface area contributed by atoms with E-state index in [1.807, 2.05) is 0 Å². The molecule has 0 aromatic heterocycles. The zero-order valence-corrected chi connectivity index (χ0v) is 42.7. The van der Waals surface area contributed by atoms with Crippen LogP contribution in [0.3, 0.4) is 0 Å². The third-order valence-corrected chi connectivity index (χ3v) is 11.7. The predicted octanol–water partition coefficient (Wildman–Crippen LogP) is 18.2. The first-order chi connectivity index (χ1) is 32.0. The molecule has 0 aliphatic heterocycles. The maximum absolute atomic E-state index is 12.8. The predicted molar refractivity (Wildman–Crippen MR) is 279 cm³/mol. The van der Waals surface area contributed by atoms with E-state index in [4.69, 9.17) is 14.2 Å². The number of allylic oxidation sites excluding steroid dienone is 12. The van der Waals surface area contributed by atoms with Gasteiger partial charge in [-0.3, -0.25) is 14.4 Å². The van der Waals surface area contributed by atoms with Gasteiger partial charge in [-0.1, -0.05) is 235 Å². The van der Waals surface area contributed by atoms with Gasteiger partial charge in [-0.15, -0.1) is 0 Å². The lowest BCUT2D eigenvalue weighted by molar-refractivity contribution is -0.167. The van der Waals surface area contributed by atoms with E-state index in [1.165, 1.54) is 103 Å². The summed E-state index contributed by atoms with van der Waals surface area (Å²) in [6, 6.07) is 0. The number of hydrogen-bond acceptors (Lipinski definition) is 6. The molecule has 0 radical (unpaired) electrons. The van der Waals surface area contributed by atoms with E-state index in [1.54, 1.807) is 0 Å². The molecule has 0 aliphatic carbocycles. The Morgan fingerprint density at radius 1 is 0.323 bits per heavy atom. The van der Waals surface area contributed by atoms with Crippen LogP contribution in [0.4, 0.5) is 0 Å². The Morgan fingerprint density at radius 2 is 0.631 bits per heavy atom. The molecule has 0 rings (SSSR count). The molecular weight excluding hydrogens is 805 g/mol. The number of carbonyl (C=O) groups excluding carboxylic acids is 3. The van der Waals surface area contributed by atoms with Gasteiger partial charge in [0, 0.05) is 19.3 Å². The minimum Gasteiger partial charge on any atom is -0.462 e. The lowest BCUT2D eigenvalue weighted by atomic mass is 10.0. The van der Waals surface area contributed by atoms with Crippen molar-refractivity contribution in [2.24, 2.45) is 0 Å². The molecular formula is C59H102O6. The van der Waals surface area contributed by atoms with Gasteiger partial charge in [0.1, 0.15) is 13.2 Å². The summed E-state index contributed by atoms with van der Waals surface area (Å²) in [5.74, 6) is -0.907. The van der Waals surface area contributed by atoms with Crippen molar-refractivity contribution in [1.29, 1.82) is 0 Å². The van der Waals surface area contributed by atoms with Crippen LogP contribution < -0.4 is 0 Å². The molecule has 0 fully saturated rings. The van der Waals surface area contributed by atoms with Crippen molar-refractivity contribution in [2.45, 2.75) is 271 Å². The van der Waals surface area contributed by atoms with E-state index in [9.17, 15) is 14.4 Å². The quantitative estimate of drug-likeness (QED) is 0.0262. The Kier molecular flexibility index (Phi) is 50.9. The van der Waals surface area contributed by atoms with Crippen molar-refractivity contribution < 1.29 is 28.6 Å². The number of ether oxygens (including phenoxy) is 3. The van der Waals surface area contributed by atoms with Crippen molar-refractivity contribution in [3.63, 3.8) is 0 Å². The molecule has 0 saturated carbocycles. The van der Waals surface area contributed by atoms with Crippen molar-refractivity contribution in [2.75, 3.05) is 13.2 Å². The van der Waals surface area contributed by atoms with Crippen LogP contribution in [0.5, 0.6) is 0 Å². The molecule has 0 saturated heterocycles. The van der Waals surface area contributed by atoms with Gasteiger partial charge in [-0.25, -0.2) is 0 Å². The number of rotatable bonds is 49. The lowest BCUT2D eigenvalue weighted by Crippen LogP contribution is -2.30. The second kappa shape index (κ2) is 53.5. The van der Waals surface area contributed by atoms with Gasteiger partial charge in [0.2, 0.25) is 0 Å². The van der Waals surface area contributed by atoms with Gasteiger partial charge in [0.05, 0.1) is 0 Å². The van der Waals surface area contributed by atoms with Crippen LogP contribution in [0, 0.1) is 0 Å². The first-order valence-electron chi connectivity index (χ1n) is 27.4. The molecule has 0 N–H and O–H groups in total. The zero-order chi connectivity index (χ0) is 47.2. The van der Waals surface area contributed by atoms with Gasteiger partial charge in [0.25, 0.3) is 0 Å². The van der Waals surface area contributed by atoms with Crippen LogP contribution in [-0.4, -0.2) is 37.2 Å². The summed E-state index contributed by atoms with van der Waals surface area (Å²) in [5, 5.41) is 0. The second-order valence-electron chi connectivity index (χ2n) is 18.1. The van der Waals surface area contributed by atoms with Crippen molar-refractivity contribution in [3.05, 3.63) is 72.9 Å². The molecule has 1 atom stereocenters. The van der Waals surface area contributed by atoms with E-state index in [0.717, 1.165) is 122 Å². The van der Waals surface area contributed by atoms with E-state index >= 15 is 0 Å². The molecule has 0 aromatic rings. The van der Waals surface area contributed by atoms with E-state index in [-0.39, 0.29) is 31.1 Å². The third-order valence-electron chi connectivity index (χ3n) is 11.7. The molecule has 6 nitrogen and oxygen atoms in total. The minimum atomic E-state index is -0.784. The van der Waals surface area contributed by atoms with Crippen molar-refractivity contribution >= 4 is 17.9 Å². The van der Waals surface area contributed by atoms with Crippen LogP contribution in [0.2, 0.25) is 0 Å². The average molecular weight is 907 g/mol. The van der Waals surface area contributed by atoms with Gasteiger partial charge >= 0.3 is 17.9 Å². The standard InChI is InChI=1S/C59H102O6/c1-4-7-10-13-16-19-22-24-26-28-29-30-31-32-34-35-37-40-43-46-49-52-58(61)64-55-56(54-63-57(60)51-48-45-42-39-21-18-15-12-9-6-3)65-59(62)53-50-47-44-41-38-36-33-27-25-23-20-17-14-11-8-5-2/h7,10,12,15-16,19,24,26,29-30,32,34,56H,4-6,8-9,11,13-14,17-18,20-23,25,27-28,31,33,35-55H2,1-3H3/b10-7-,15-12-,19-16-,26-24-,30-29-,34-32-. The SMILES string of the molecule is CC/C=C\C/C=C\C/C=C\C/C=C\C/C=C\CCCCCCCC(=O)OCC(COC(=O)CCCCCCC/C=C\CCC)OC(=O)CCCCCCCCCCCCCCCCCC. The van der Waals surface area contributed by atoms with E-state index in [0.29, 0.717) is 19.3 Å². The second-order valence-corrected chi connectivity index (χ2v) is 18.1. The molecule has 0 bridgehead atoms. The van der Waals surface area contributed by atoms with E-state index in [2.05, 4.69) is 93.7 Å². The summed E-state index contributed by atoms with van der Waals surface area (Å²) >= 11 is 0. The summed E-state index contributed by atoms with van der Waals surface area (Å²) in [5.41, 5.74) is 0. The Morgan fingerprint density at radius 3 is 1.02 bits per heavy atom. The maximum atomic E-state index is 12.8. The summed E-state index contributed by atoms with van der Waals surface area (Å²) in [7, 11) is 0. The Balaban J connectivity index is 4.35. The Hall–Kier alpha value is -3.15. The zero-order valence-electron chi connectivity index (χ0n) is 42.7. The molecule has 0 heterocycles. The topological polar surface area (TPSA) is 78.9 Å². The summed E-state index contributed by atoms with van der Waals surface area (Å²) in [6.45, 7) is 6.46. The highest BCUT2D eigenvalue weighted by molar-refractivity contribution is 5.71. The van der Waals surface area contributed by atoms with Gasteiger partial charge in [0.15, 0.2) is 6.10 Å². The van der Waals surface area contributed by atoms with Crippen molar-refractivity contribution in [3.8, 4) is 0 Å². The monoisotopic (exact) mass is 907 g/mol. The van der Waals surface area contributed by atoms with Crippen LogP contribution >= 0.6 is 0 Å². The highest BCUT2D eigenvalue weighted by atomic mass is 16.6. The smallest absolute Gasteiger partial charge is 0.306 e. The van der Waals surface area contributed by atoms with Crippen LogP contribution in [0.25, 0.3) is 0 Å². The van der Waals surface area contributed by atoms with Crippen molar-refractivity contribution in [1.82, 2.24) is 0 Å². The molecule has 1 unspecified atom stereocenters. The number of hydrogen-bond donors (Lipinski definition) is 0. The summed E-state index contributed by atoms with van der Waals surface area (Å²) in [4.78, 5) is 38.0. The Labute approximate surface area is 402 Å². The minimum absolute atomic E-state index is 0.0845. The summed E-state index contributed by atoms with van der Waals surface area (Å²) < 4.78 is 16.8. The largest absolute Gasteiger partial charge is 0.462 e. The van der Waals surface area contributed by atoms with Gasteiger partial charge in [-0.2, -0.15) is 0 Å². The number of unbranched alkanes of at least 4 members (excludes halogenated alkanes) is 26. The molecule has 6 heteroatoms. The van der Waals surface area contributed by atoms with Crippen LogP contribution in [0.1, 0.15) is 265 Å².